The van der Waals surface area contributed by atoms with Crippen molar-refractivity contribution in [3.63, 3.8) is 0 Å². The molecule has 192 valence electrons. The van der Waals surface area contributed by atoms with Crippen LogP contribution in [0.15, 0.2) is 55.9 Å². The number of carbonyl (C=O) groups is 1. The molecule has 0 aliphatic carbocycles. The lowest BCUT2D eigenvalue weighted by Crippen LogP contribution is -2.40. The molecule has 0 saturated carbocycles. The van der Waals surface area contributed by atoms with Gasteiger partial charge in [-0.05, 0) is 55.3 Å². The maximum atomic E-state index is 13.8. The van der Waals surface area contributed by atoms with E-state index in [9.17, 15) is 9.59 Å². The summed E-state index contributed by atoms with van der Waals surface area (Å²) in [5.74, 6) is 1.71. The Balaban J connectivity index is 1.72. The summed E-state index contributed by atoms with van der Waals surface area (Å²) in [5.41, 5.74) is 1.89. The summed E-state index contributed by atoms with van der Waals surface area (Å²) in [6, 6.07) is 8.15. The lowest BCUT2D eigenvalue weighted by Gasteiger charge is -2.25. The lowest BCUT2D eigenvalue weighted by molar-refractivity contribution is -0.139. The molecule has 2 aromatic carbocycles. The van der Waals surface area contributed by atoms with Gasteiger partial charge in [0.2, 0.25) is 6.79 Å². The van der Waals surface area contributed by atoms with Crippen molar-refractivity contribution in [2.75, 3.05) is 27.6 Å². The average Bonchev–Trinajstić information content (AvgIpc) is 3.46. The van der Waals surface area contributed by atoms with Crippen molar-refractivity contribution in [2.24, 2.45) is 4.99 Å². The number of hydrogen-bond donors (Lipinski definition) is 0. The van der Waals surface area contributed by atoms with Crippen LogP contribution in [0.1, 0.15) is 31.0 Å². The highest BCUT2D eigenvalue weighted by molar-refractivity contribution is 9.10. The van der Waals surface area contributed by atoms with Gasteiger partial charge in [-0.1, -0.05) is 33.3 Å². The molecule has 3 aromatic rings. The van der Waals surface area contributed by atoms with Gasteiger partial charge in [0.25, 0.3) is 5.56 Å². The second-order valence-electron chi connectivity index (χ2n) is 8.14. The van der Waals surface area contributed by atoms with Gasteiger partial charge >= 0.3 is 5.97 Å². The molecule has 0 amide bonds. The first kappa shape index (κ1) is 25.1. The zero-order valence-corrected chi connectivity index (χ0v) is 22.9. The number of aromatic nitrogens is 1. The SMILES string of the molecule is CCOC(=O)C1=C(C)N=c2s/c(=C/c3cc4c(cc3Br)OCO4)c(=O)n2C1c1ccc(OC)c(OC)c1. The highest BCUT2D eigenvalue weighted by atomic mass is 79.9. The van der Waals surface area contributed by atoms with Crippen LogP contribution in [0.3, 0.4) is 0 Å². The van der Waals surface area contributed by atoms with Crippen LogP contribution in [0.2, 0.25) is 0 Å². The Morgan fingerprint density at radius 3 is 2.62 bits per heavy atom. The minimum Gasteiger partial charge on any atom is -0.493 e. The maximum Gasteiger partial charge on any atom is 0.338 e. The minimum absolute atomic E-state index is 0.147. The van der Waals surface area contributed by atoms with Crippen molar-refractivity contribution in [1.29, 1.82) is 0 Å². The standard InChI is InChI=1S/C26H23BrN2O7S/c1-5-34-25(31)22-13(2)28-26-29(23(22)14-6-7-17(32-3)18(8-14)33-4)24(30)21(37-26)10-15-9-19-20(11-16(15)27)36-12-35-19/h6-11,23H,5,12H2,1-4H3/b21-10+. The van der Waals surface area contributed by atoms with E-state index in [2.05, 4.69) is 20.9 Å². The van der Waals surface area contributed by atoms with Crippen LogP contribution >= 0.6 is 27.3 Å². The first-order valence-electron chi connectivity index (χ1n) is 11.4. The highest BCUT2D eigenvalue weighted by Gasteiger charge is 2.34. The topological polar surface area (TPSA) is 97.6 Å². The Labute approximate surface area is 224 Å². The van der Waals surface area contributed by atoms with Gasteiger partial charge in [-0.25, -0.2) is 9.79 Å². The number of fused-ring (bicyclic) bond motifs is 2. The highest BCUT2D eigenvalue weighted by Crippen LogP contribution is 2.38. The number of esters is 1. The van der Waals surface area contributed by atoms with Gasteiger partial charge in [0.05, 0.1) is 42.7 Å². The van der Waals surface area contributed by atoms with E-state index in [1.807, 2.05) is 6.07 Å². The Hall–Kier alpha value is -3.57. The molecular weight excluding hydrogens is 564 g/mol. The van der Waals surface area contributed by atoms with E-state index < -0.39 is 12.0 Å². The third kappa shape index (κ3) is 4.42. The second kappa shape index (κ2) is 10.1. The van der Waals surface area contributed by atoms with Gasteiger partial charge < -0.3 is 23.7 Å². The Morgan fingerprint density at radius 2 is 1.92 bits per heavy atom. The van der Waals surface area contributed by atoms with Crippen LogP contribution in [0, 0.1) is 0 Å². The van der Waals surface area contributed by atoms with Crippen LogP contribution in [0.25, 0.3) is 6.08 Å². The number of nitrogens with zero attached hydrogens (tertiary/aromatic N) is 2. The van der Waals surface area contributed by atoms with E-state index in [1.165, 1.54) is 23.0 Å². The van der Waals surface area contributed by atoms with Crippen LogP contribution in [-0.2, 0) is 9.53 Å². The summed E-state index contributed by atoms with van der Waals surface area (Å²) >= 11 is 4.79. The fourth-order valence-corrected chi connectivity index (χ4v) is 5.79. The summed E-state index contributed by atoms with van der Waals surface area (Å²) in [5, 5.41) is 0. The Kier molecular flexibility index (Phi) is 6.82. The summed E-state index contributed by atoms with van der Waals surface area (Å²) in [4.78, 5) is 32.0. The summed E-state index contributed by atoms with van der Waals surface area (Å²) in [6.45, 7) is 3.81. The number of ether oxygens (including phenoxy) is 5. The fourth-order valence-electron chi connectivity index (χ4n) is 4.31. The van der Waals surface area contributed by atoms with Gasteiger partial charge in [-0.2, -0.15) is 0 Å². The summed E-state index contributed by atoms with van der Waals surface area (Å²) < 4.78 is 29.9. The molecule has 5 rings (SSSR count). The van der Waals surface area contributed by atoms with Crippen molar-refractivity contribution in [3.8, 4) is 23.0 Å². The Morgan fingerprint density at radius 1 is 1.19 bits per heavy atom. The molecule has 9 nitrogen and oxygen atoms in total. The average molecular weight is 587 g/mol. The van der Waals surface area contributed by atoms with Crippen LogP contribution in [0.5, 0.6) is 23.0 Å². The van der Waals surface area contributed by atoms with E-state index in [4.69, 9.17) is 23.7 Å². The molecular formula is C26H23BrN2O7S. The number of carbonyl (C=O) groups excluding carboxylic acids is 1. The minimum atomic E-state index is -0.766. The number of thiazole rings is 1. The first-order valence-corrected chi connectivity index (χ1v) is 13.0. The number of halogens is 1. The third-order valence-corrected chi connectivity index (χ3v) is 7.69. The van der Waals surface area contributed by atoms with Gasteiger partial charge in [-0.3, -0.25) is 9.36 Å². The number of benzene rings is 2. The first-order chi connectivity index (χ1) is 17.9. The second-order valence-corrected chi connectivity index (χ2v) is 10.0. The van der Waals surface area contributed by atoms with Crippen molar-refractivity contribution in [1.82, 2.24) is 4.57 Å². The van der Waals surface area contributed by atoms with Gasteiger partial charge in [-0.15, -0.1) is 0 Å². The van der Waals surface area contributed by atoms with Crippen LogP contribution in [-0.4, -0.2) is 38.2 Å². The summed E-state index contributed by atoms with van der Waals surface area (Å²) in [7, 11) is 3.08. The molecule has 2 aliphatic heterocycles. The molecule has 37 heavy (non-hydrogen) atoms. The number of hydrogen-bond acceptors (Lipinski definition) is 9. The zero-order valence-electron chi connectivity index (χ0n) is 20.5. The molecule has 0 radical (unpaired) electrons. The van der Waals surface area contributed by atoms with E-state index in [1.54, 1.807) is 51.3 Å². The molecule has 0 saturated heterocycles. The molecule has 1 atom stereocenters. The lowest BCUT2D eigenvalue weighted by atomic mass is 9.95. The van der Waals surface area contributed by atoms with Gasteiger partial charge in [0.15, 0.2) is 27.8 Å². The van der Waals surface area contributed by atoms with Gasteiger partial charge in [0, 0.05) is 4.47 Å². The quantitative estimate of drug-likeness (QED) is 0.409. The molecule has 0 bridgehead atoms. The maximum absolute atomic E-state index is 13.8. The largest absolute Gasteiger partial charge is 0.493 e. The van der Waals surface area contributed by atoms with Crippen molar-refractivity contribution < 1.29 is 28.5 Å². The zero-order chi connectivity index (χ0) is 26.3. The molecule has 2 aliphatic rings. The van der Waals surface area contributed by atoms with Crippen LogP contribution < -0.4 is 33.8 Å². The predicted molar refractivity (Wildman–Crippen MR) is 140 cm³/mol. The molecule has 0 N–H and O–H groups in total. The molecule has 0 fully saturated rings. The van der Waals surface area contributed by atoms with E-state index in [-0.39, 0.29) is 24.5 Å². The van der Waals surface area contributed by atoms with E-state index >= 15 is 0 Å². The summed E-state index contributed by atoms with van der Waals surface area (Å²) in [6.07, 6.45) is 1.77. The molecule has 1 aromatic heterocycles. The molecule has 1 unspecified atom stereocenters. The Bertz CT molecular complexity index is 1620. The van der Waals surface area contributed by atoms with Gasteiger partial charge in [0.1, 0.15) is 0 Å². The van der Waals surface area contributed by atoms with E-state index in [0.29, 0.717) is 43.6 Å². The molecule has 0 spiro atoms. The molecule has 11 heteroatoms. The third-order valence-electron chi connectivity index (χ3n) is 6.02. The van der Waals surface area contributed by atoms with Crippen molar-refractivity contribution in [3.05, 3.63) is 76.9 Å². The fraction of sp³-hybridized carbons (Fsp3) is 0.269. The number of rotatable bonds is 6. The van der Waals surface area contributed by atoms with Crippen molar-refractivity contribution >= 4 is 39.3 Å². The normalized spacial score (nSPS) is 16.4. The van der Waals surface area contributed by atoms with Crippen molar-refractivity contribution in [2.45, 2.75) is 19.9 Å². The predicted octanol–water partition coefficient (Wildman–Crippen LogP) is 3.31. The number of methoxy groups -OCH3 is 2. The number of allylic oxidation sites excluding steroid dienone is 1. The molecule has 3 heterocycles. The van der Waals surface area contributed by atoms with E-state index in [0.717, 1.165) is 10.0 Å². The smallest absolute Gasteiger partial charge is 0.338 e. The monoisotopic (exact) mass is 586 g/mol. The van der Waals surface area contributed by atoms with Crippen LogP contribution in [0.4, 0.5) is 0 Å².